The van der Waals surface area contributed by atoms with Crippen LogP contribution >= 0.6 is 12.4 Å². The minimum Gasteiger partial charge on any atom is -0.493 e. The summed E-state index contributed by atoms with van der Waals surface area (Å²) in [6.45, 7) is 4.72. The summed E-state index contributed by atoms with van der Waals surface area (Å²) in [7, 11) is 3.36. The highest BCUT2D eigenvalue weighted by Gasteiger charge is 2.31. The van der Waals surface area contributed by atoms with E-state index < -0.39 is 0 Å². The molecular weight excluding hydrogens is 378 g/mol. The van der Waals surface area contributed by atoms with Gasteiger partial charge >= 0.3 is 0 Å². The van der Waals surface area contributed by atoms with Gasteiger partial charge in [-0.15, -0.1) is 12.4 Å². The van der Waals surface area contributed by atoms with E-state index >= 15 is 0 Å². The highest BCUT2D eigenvalue weighted by molar-refractivity contribution is 5.85. The number of morpholine rings is 1. The SMILES string of the molecule is COc1ccc(CCCCO[C@H]2CCCC[C@@H]2N2CCOCC2)cc1OC.Cl. The monoisotopic (exact) mass is 413 g/mol. The van der Waals surface area contributed by atoms with Crippen LogP contribution < -0.4 is 9.47 Å². The topological polar surface area (TPSA) is 40.2 Å². The average Bonchev–Trinajstić information content (AvgIpc) is 2.74. The van der Waals surface area contributed by atoms with E-state index in [4.69, 9.17) is 18.9 Å². The molecule has 0 unspecified atom stereocenters. The Morgan fingerprint density at radius 3 is 2.50 bits per heavy atom. The van der Waals surface area contributed by atoms with Crippen molar-refractivity contribution in [2.45, 2.75) is 57.1 Å². The van der Waals surface area contributed by atoms with E-state index in [9.17, 15) is 0 Å². The largest absolute Gasteiger partial charge is 0.493 e. The smallest absolute Gasteiger partial charge is 0.160 e. The van der Waals surface area contributed by atoms with Crippen molar-refractivity contribution in [3.8, 4) is 11.5 Å². The standard InChI is InChI=1S/C22H35NO4.ClH/c1-24-21-11-10-18(17-22(21)25-2)7-5-6-14-27-20-9-4-3-8-19(20)23-12-15-26-16-13-23;/h10-11,17,19-20H,3-9,12-16H2,1-2H3;1H/t19-,20-;/m0./s1. The maximum absolute atomic E-state index is 6.34. The average molecular weight is 414 g/mol. The van der Waals surface area contributed by atoms with Crippen LogP contribution in [0.2, 0.25) is 0 Å². The third-order valence-electron chi connectivity index (χ3n) is 5.82. The number of rotatable bonds is 9. The molecule has 1 saturated carbocycles. The minimum atomic E-state index is 0. The fraction of sp³-hybridized carbons (Fsp3) is 0.727. The van der Waals surface area contributed by atoms with E-state index in [2.05, 4.69) is 17.0 Å². The lowest BCUT2D eigenvalue weighted by atomic mass is 9.91. The predicted octanol–water partition coefficient (Wildman–Crippen LogP) is 4.11. The second-order valence-corrected chi connectivity index (χ2v) is 7.56. The number of methoxy groups -OCH3 is 2. The van der Waals surface area contributed by atoms with E-state index in [0.717, 1.165) is 63.7 Å². The second kappa shape index (κ2) is 12.5. The Morgan fingerprint density at radius 2 is 1.75 bits per heavy atom. The molecule has 1 saturated heterocycles. The van der Waals surface area contributed by atoms with Gasteiger partial charge in [0.25, 0.3) is 0 Å². The molecule has 0 spiro atoms. The summed E-state index contributed by atoms with van der Waals surface area (Å²) in [6, 6.07) is 6.78. The molecule has 6 heteroatoms. The summed E-state index contributed by atoms with van der Waals surface area (Å²) in [5.41, 5.74) is 1.29. The van der Waals surface area contributed by atoms with Crippen LogP contribution in [0.15, 0.2) is 18.2 Å². The predicted molar refractivity (Wildman–Crippen MR) is 114 cm³/mol. The molecular formula is C22H36ClNO4. The Morgan fingerprint density at radius 1 is 1.00 bits per heavy atom. The van der Waals surface area contributed by atoms with Crippen molar-refractivity contribution in [1.82, 2.24) is 4.90 Å². The summed E-state index contributed by atoms with van der Waals surface area (Å²) < 4.78 is 22.5. The molecule has 0 N–H and O–H groups in total. The zero-order valence-corrected chi connectivity index (χ0v) is 18.2. The van der Waals surface area contributed by atoms with Crippen LogP contribution in [0.4, 0.5) is 0 Å². The first-order chi connectivity index (χ1) is 13.3. The van der Waals surface area contributed by atoms with Gasteiger partial charge in [0.15, 0.2) is 11.5 Å². The number of unbranched alkanes of at least 4 members (excludes halogenated alkanes) is 1. The Kier molecular flexibility index (Phi) is 10.4. The van der Waals surface area contributed by atoms with Gasteiger partial charge in [-0.1, -0.05) is 18.9 Å². The molecule has 1 aromatic carbocycles. The van der Waals surface area contributed by atoms with Gasteiger partial charge < -0.3 is 18.9 Å². The molecule has 1 aliphatic carbocycles. The highest BCUT2D eigenvalue weighted by atomic mass is 35.5. The third kappa shape index (κ3) is 6.51. The maximum atomic E-state index is 6.34. The number of nitrogens with zero attached hydrogens (tertiary/aromatic N) is 1. The van der Waals surface area contributed by atoms with E-state index in [-0.39, 0.29) is 12.4 Å². The van der Waals surface area contributed by atoms with Gasteiger partial charge in [-0.25, -0.2) is 0 Å². The Balaban J connectivity index is 0.00000280. The first-order valence-electron chi connectivity index (χ1n) is 10.5. The number of aryl methyl sites for hydroxylation is 1. The molecule has 1 aromatic rings. The molecule has 0 aromatic heterocycles. The van der Waals surface area contributed by atoms with E-state index in [1.54, 1.807) is 14.2 Å². The molecule has 2 fully saturated rings. The van der Waals surface area contributed by atoms with Gasteiger partial charge in [-0.3, -0.25) is 4.90 Å². The first kappa shape index (κ1) is 23.3. The molecule has 0 amide bonds. The van der Waals surface area contributed by atoms with Gasteiger partial charge in [0, 0.05) is 25.7 Å². The maximum Gasteiger partial charge on any atom is 0.160 e. The van der Waals surface area contributed by atoms with E-state index in [0.29, 0.717) is 12.1 Å². The van der Waals surface area contributed by atoms with Crippen molar-refractivity contribution in [2.24, 2.45) is 0 Å². The fourth-order valence-corrected chi connectivity index (χ4v) is 4.30. The summed E-state index contributed by atoms with van der Waals surface area (Å²) in [4.78, 5) is 2.59. The molecule has 5 nitrogen and oxygen atoms in total. The molecule has 2 aliphatic rings. The summed E-state index contributed by atoms with van der Waals surface area (Å²) in [5, 5.41) is 0. The van der Waals surface area contributed by atoms with Crippen LogP contribution in [0.3, 0.4) is 0 Å². The van der Waals surface area contributed by atoms with Gasteiger partial charge in [0.1, 0.15) is 0 Å². The van der Waals surface area contributed by atoms with Gasteiger partial charge in [0.05, 0.1) is 33.5 Å². The quantitative estimate of drug-likeness (QED) is 0.570. The van der Waals surface area contributed by atoms with Crippen molar-refractivity contribution in [3.05, 3.63) is 23.8 Å². The van der Waals surface area contributed by atoms with Crippen molar-refractivity contribution < 1.29 is 18.9 Å². The summed E-state index contributed by atoms with van der Waals surface area (Å²) in [5.74, 6) is 1.60. The zero-order valence-electron chi connectivity index (χ0n) is 17.4. The van der Waals surface area contributed by atoms with Crippen LogP contribution in [0.1, 0.15) is 44.1 Å². The lowest BCUT2D eigenvalue weighted by Gasteiger charge is -2.41. The molecule has 1 aliphatic heterocycles. The molecule has 28 heavy (non-hydrogen) atoms. The van der Waals surface area contributed by atoms with Crippen molar-refractivity contribution in [2.75, 3.05) is 47.1 Å². The molecule has 0 bridgehead atoms. The second-order valence-electron chi connectivity index (χ2n) is 7.56. The van der Waals surface area contributed by atoms with Gasteiger partial charge in [0.2, 0.25) is 0 Å². The number of benzene rings is 1. The Labute approximate surface area is 176 Å². The number of ether oxygens (including phenoxy) is 4. The summed E-state index contributed by atoms with van der Waals surface area (Å²) >= 11 is 0. The van der Waals surface area contributed by atoms with Gasteiger partial charge in [-0.2, -0.15) is 0 Å². The van der Waals surface area contributed by atoms with E-state index in [1.165, 1.54) is 31.2 Å². The van der Waals surface area contributed by atoms with Crippen molar-refractivity contribution >= 4 is 12.4 Å². The fourth-order valence-electron chi connectivity index (χ4n) is 4.30. The Hall–Kier alpha value is -1.01. The number of hydrogen-bond acceptors (Lipinski definition) is 5. The molecule has 1 heterocycles. The molecule has 0 radical (unpaired) electrons. The lowest BCUT2D eigenvalue weighted by molar-refractivity contribution is -0.0660. The van der Waals surface area contributed by atoms with Crippen molar-refractivity contribution in [3.63, 3.8) is 0 Å². The van der Waals surface area contributed by atoms with Crippen LogP contribution in [0.5, 0.6) is 11.5 Å². The molecule has 2 atom stereocenters. The van der Waals surface area contributed by atoms with Crippen LogP contribution in [0, 0.1) is 0 Å². The summed E-state index contributed by atoms with van der Waals surface area (Å²) in [6.07, 6.45) is 8.79. The lowest BCUT2D eigenvalue weighted by Crippen LogP contribution is -2.51. The minimum absolute atomic E-state index is 0. The number of hydrogen-bond donors (Lipinski definition) is 0. The van der Waals surface area contributed by atoms with E-state index in [1.807, 2.05) is 6.07 Å². The highest BCUT2D eigenvalue weighted by Crippen LogP contribution is 2.29. The number of halogens is 1. The van der Waals surface area contributed by atoms with Crippen LogP contribution in [-0.4, -0.2) is 64.2 Å². The van der Waals surface area contributed by atoms with Crippen LogP contribution in [0.25, 0.3) is 0 Å². The Bertz CT molecular complexity index is 565. The van der Waals surface area contributed by atoms with Crippen LogP contribution in [-0.2, 0) is 15.9 Å². The third-order valence-corrected chi connectivity index (χ3v) is 5.82. The van der Waals surface area contributed by atoms with Gasteiger partial charge in [-0.05, 0) is 49.8 Å². The zero-order chi connectivity index (χ0) is 18.9. The molecule has 3 rings (SSSR count). The first-order valence-corrected chi connectivity index (χ1v) is 10.5. The van der Waals surface area contributed by atoms with Crippen molar-refractivity contribution in [1.29, 1.82) is 0 Å². The normalized spacial score (nSPS) is 23.1. The molecule has 160 valence electrons.